The van der Waals surface area contributed by atoms with E-state index >= 15 is 0 Å². The summed E-state index contributed by atoms with van der Waals surface area (Å²) < 4.78 is 46.2. The van der Waals surface area contributed by atoms with Gasteiger partial charge in [-0.25, -0.2) is 0 Å². The van der Waals surface area contributed by atoms with Crippen LogP contribution in [0, 0.1) is 0 Å². The summed E-state index contributed by atoms with van der Waals surface area (Å²) in [6, 6.07) is 10.8. The van der Waals surface area contributed by atoms with Crippen molar-refractivity contribution in [2.24, 2.45) is 0 Å². The van der Waals surface area contributed by atoms with Gasteiger partial charge in [0.05, 0.1) is 13.2 Å². The molecule has 8 heteroatoms. The van der Waals surface area contributed by atoms with Crippen LogP contribution in [0.2, 0.25) is 0 Å². The van der Waals surface area contributed by atoms with E-state index in [1.165, 1.54) is 19.2 Å². The number of halogens is 3. The molecule has 0 radical (unpaired) electrons. The van der Waals surface area contributed by atoms with E-state index in [1.807, 2.05) is 6.07 Å². The van der Waals surface area contributed by atoms with Gasteiger partial charge in [-0.3, -0.25) is 4.90 Å². The van der Waals surface area contributed by atoms with Gasteiger partial charge < -0.3 is 19.9 Å². The molecule has 0 aliphatic carbocycles. The number of nitrogens with one attached hydrogen (secondary N) is 1. The van der Waals surface area contributed by atoms with Crippen molar-refractivity contribution in [3.8, 4) is 17.2 Å². The summed E-state index contributed by atoms with van der Waals surface area (Å²) in [5.74, 6) is 0.127. The zero-order chi connectivity index (χ0) is 19.4. The van der Waals surface area contributed by atoms with Crippen LogP contribution in [0.3, 0.4) is 0 Å². The van der Waals surface area contributed by atoms with Crippen LogP contribution in [-0.2, 0) is 0 Å². The number of phenols is 1. The molecule has 0 aromatic heterocycles. The first-order chi connectivity index (χ1) is 12.9. The number of phenolic OH excluding ortho intramolecular Hbond substituents is 1. The Morgan fingerprint density at radius 1 is 1.04 bits per heavy atom. The molecule has 5 nitrogen and oxygen atoms in total. The van der Waals surface area contributed by atoms with Crippen molar-refractivity contribution < 1.29 is 27.8 Å². The lowest BCUT2D eigenvalue weighted by Crippen LogP contribution is -2.45. The van der Waals surface area contributed by atoms with Crippen LogP contribution in [0.4, 0.5) is 13.2 Å². The molecule has 1 saturated heterocycles. The summed E-state index contributed by atoms with van der Waals surface area (Å²) in [5.41, 5.74) is 1.65. The van der Waals surface area contributed by atoms with Crippen molar-refractivity contribution in [2.45, 2.75) is 12.4 Å². The standard InChI is InChI=1S/C19H21F3N2O3/c1-26-17-7-4-14(12-16(17)25)18(24-10-8-23-9-11-24)13-2-5-15(6-3-13)27-19(20,21)22/h2-7,12,18,23,25H,8-11H2,1H3/t18-/m0/s1. The number of piperazine rings is 1. The molecule has 0 spiro atoms. The van der Waals surface area contributed by atoms with Gasteiger partial charge in [0.2, 0.25) is 0 Å². The average Bonchev–Trinajstić information content (AvgIpc) is 2.63. The van der Waals surface area contributed by atoms with Crippen molar-refractivity contribution >= 4 is 0 Å². The van der Waals surface area contributed by atoms with Gasteiger partial charge in [-0.2, -0.15) is 0 Å². The zero-order valence-corrected chi connectivity index (χ0v) is 14.8. The predicted octanol–water partition coefficient (Wildman–Crippen LogP) is 3.29. The molecular weight excluding hydrogens is 361 g/mol. The number of benzene rings is 2. The number of methoxy groups -OCH3 is 1. The van der Waals surface area contributed by atoms with Crippen molar-refractivity contribution in [2.75, 3.05) is 33.3 Å². The minimum absolute atomic E-state index is 0.0205. The van der Waals surface area contributed by atoms with E-state index in [2.05, 4.69) is 15.0 Å². The summed E-state index contributed by atoms with van der Waals surface area (Å²) in [7, 11) is 1.47. The average molecular weight is 382 g/mol. The molecule has 2 N–H and O–H groups in total. The van der Waals surface area contributed by atoms with Crippen LogP contribution in [0.15, 0.2) is 42.5 Å². The number of hydrogen-bond acceptors (Lipinski definition) is 5. The highest BCUT2D eigenvalue weighted by atomic mass is 19.4. The van der Waals surface area contributed by atoms with Crippen LogP contribution >= 0.6 is 0 Å². The van der Waals surface area contributed by atoms with Gasteiger partial charge in [0.15, 0.2) is 11.5 Å². The number of alkyl halides is 3. The summed E-state index contributed by atoms with van der Waals surface area (Å²) in [5, 5.41) is 13.4. The third-order valence-electron chi connectivity index (χ3n) is 4.46. The molecule has 146 valence electrons. The van der Waals surface area contributed by atoms with Gasteiger partial charge in [0.1, 0.15) is 5.75 Å². The van der Waals surface area contributed by atoms with Gasteiger partial charge in [0, 0.05) is 26.2 Å². The van der Waals surface area contributed by atoms with E-state index in [1.54, 1.807) is 24.3 Å². The maximum atomic E-state index is 12.4. The minimum Gasteiger partial charge on any atom is -0.504 e. The van der Waals surface area contributed by atoms with E-state index < -0.39 is 6.36 Å². The lowest BCUT2D eigenvalue weighted by molar-refractivity contribution is -0.274. The molecule has 0 bridgehead atoms. The first-order valence-corrected chi connectivity index (χ1v) is 8.55. The molecule has 3 rings (SSSR count). The lowest BCUT2D eigenvalue weighted by Gasteiger charge is -2.35. The Balaban J connectivity index is 1.93. The van der Waals surface area contributed by atoms with E-state index in [0.29, 0.717) is 5.75 Å². The molecule has 1 fully saturated rings. The maximum Gasteiger partial charge on any atom is 0.573 e. The fraction of sp³-hybridized carbons (Fsp3) is 0.368. The molecule has 0 saturated carbocycles. The summed E-state index contributed by atoms with van der Waals surface area (Å²) >= 11 is 0. The van der Waals surface area contributed by atoms with Crippen LogP contribution < -0.4 is 14.8 Å². The third kappa shape index (κ3) is 4.84. The smallest absolute Gasteiger partial charge is 0.504 e. The highest BCUT2D eigenvalue weighted by Gasteiger charge is 2.31. The normalized spacial score (nSPS) is 16.7. The highest BCUT2D eigenvalue weighted by molar-refractivity contribution is 5.45. The summed E-state index contributed by atoms with van der Waals surface area (Å²) in [6.45, 7) is 3.18. The molecule has 2 aromatic rings. The Morgan fingerprint density at radius 3 is 2.22 bits per heavy atom. The van der Waals surface area contributed by atoms with Crippen molar-refractivity contribution in [3.63, 3.8) is 0 Å². The Labute approximate surface area is 155 Å². The van der Waals surface area contributed by atoms with Gasteiger partial charge in [0.25, 0.3) is 0 Å². The fourth-order valence-corrected chi connectivity index (χ4v) is 3.28. The molecule has 27 heavy (non-hydrogen) atoms. The van der Waals surface area contributed by atoms with E-state index in [0.717, 1.165) is 37.3 Å². The van der Waals surface area contributed by atoms with Gasteiger partial charge in [-0.15, -0.1) is 13.2 Å². The van der Waals surface area contributed by atoms with Crippen LogP contribution in [0.1, 0.15) is 17.2 Å². The first kappa shape index (κ1) is 19.3. The quantitative estimate of drug-likeness (QED) is 0.831. The molecule has 1 heterocycles. The second kappa shape index (κ2) is 8.06. The molecule has 0 unspecified atom stereocenters. The molecule has 1 aliphatic rings. The van der Waals surface area contributed by atoms with Gasteiger partial charge in [-0.05, 0) is 35.4 Å². The molecule has 0 amide bonds. The topological polar surface area (TPSA) is 54.0 Å². The number of rotatable bonds is 5. The largest absolute Gasteiger partial charge is 0.573 e. The Hall–Kier alpha value is -2.45. The number of nitrogens with zero attached hydrogens (tertiary/aromatic N) is 1. The maximum absolute atomic E-state index is 12.4. The van der Waals surface area contributed by atoms with Crippen molar-refractivity contribution in [1.29, 1.82) is 0 Å². The second-order valence-electron chi connectivity index (χ2n) is 6.24. The van der Waals surface area contributed by atoms with Gasteiger partial charge in [-0.1, -0.05) is 18.2 Å². The number of hydrogen-bond donors (Lipinski definition) is 2. The third-order valence-corrected chi connectivity index (χ3v) is 4.46. The molecule has 2 aromatic carbocycles. The Morgan fingerprint density at radius 2 is 1.67 bits per heavy atom. The summed E-state index contributed by atoms with van der Waals surface area (Å²) in [6.07, 6.45) is -4.72. The lowest BCUT2D eigenvalue weighted by atomic mass is 9.96. The van der Waals surface area contributed by atoms with Crippen molar-refractivity contribution in [1.82, 2.24) is 10.2 Å². The predicted molar refractivity (Wildman–Crippen MR) is 94.1 cm³/mol. The second-order valence-corrected chi connectivity index (χ2v) is 6.24. The Kier molecular flexibility index (Phi) is 5.76. The highest BCUT2D eigenvalue weighted by Crippen LogP contribution is 2.35. The van der Waals surface area contributed by atoms with Crippen LogP contribution in [-0.4, -0.2) is 49.7 Å². The van der Waals surface area contributed by atoms with Crippen molar-refractivity contribution in [3.05, 3.63) is 53.6 Å². The molecule has 1 atom stereocenters. The zero-order valence-electron chi connectivity index (χ0n) is 14.8. The van der Waals surface area contributed by atoms with Gasteiger partial charge >= 0.3 is 6.36 Å². The van der Waals surface area contributed by atoms with E-state index in [4.69, 9.17) is 4.74 Å². The molecule has 1 aliphatic heterocycles. The van der Waals surface area contributed by atoms with E-state index in [-0.39, 0.29) is 17.5 Å². The summed E-state index contributed by atoms with van der Waals surface area (Å²) in [4.78, 5) is 2.22. The fourth-order valence-electron chi connectivity index (χ4n) is 3.28. The Bertz CT molecular complexity index is 760. The van der Waals surface area contributed by atoms with Crippen LogP contribution in [0.5, 0.6) is 17.2 Å². The van der Waals surface area contributed by atoms with Crippen LogP contribution in [0.25, 0.3) is 0 Å². The number of ether oxygens (including phenoxy) is 2. The van der Waals surface area contributed by atoms with E-state index in [9.17, 15) is 18.3 Å². The SMILES string of the molecule is COc1ccc([C@H](c2ccc(OC(F)(F)F)cc2)N2CCNCC2)cc1O. The number of aromatic hydroxyl groups is 1. The first-order valence-electron chi connectivity index (χ1n) is 8.55. The molecular formula is C19H21F3N2O3. The minimum atomic E-state index is -4.72. The monoisotopic (exact) mass is 382 g/mol.